The van der Waals surface area contributed by atoms with Gasteiger partial charge in [0.1, 0.15) is 5.71 Å². The quantitative estimate of drug-likeness (QED) is 0.741. The van der Waals surface area contributed by atoms with E-state index in [1.165, 1.54) is 0 Å². The molecule has 0 saturated carbocycles. The second kappa shape index (κ2) is 7.59. The van der Waals surface area contributed by atoms with E-state index in [0.29, 0.717) is 31.1 Å². The van der Waals surface area contributed by atoms with Gasteiger partial charge in [-0.1, -0.05) is 28.7 Å². The molecule has 2 amide bonds. The van der Waals surface area contributed by atoms with E-state index in [9.17, 15) is 4.79 Å². The molecule has 3 rings (SSSR count). The Kier molecular flexibility index (Phi) is 5.43. The predicted molar refractivity (Wildman–Crippen MR) is 103 cm³/mol. The van der Waals surface area contributed by atoms with Crippen LogP contribution in [0.5, 0.6) is 0 Å². The molecular weight excluding hydrogens is 350 g/mol. The zero-order valence-corrected chi connectivity index (χ0v) is 16.2. The van der Waals surface area contributed by atoms with Crippen LogP contribution in [0.2, 0.25) is 5.02 Å². The fourth-order valence-electron chi connectivity index (χ4n) is 3.43. The summed E-state index contributed by atoms with van der Waals surface area (Å²) in [4.78, 5) is 22.2. The van der Waals surface area contributed by atoms with Crippen LogP contribution in [-0.4, -0.2) is 52.8 Å². The highest BCUT2D eigenvalue weighted by Crippen LogP contribution is 2.34. The van der Waals surface area contributed by atoms with Crippen molar-refractivity contribution in [3.8, 4) is 11.8 Å². The van der Waals surface area contributed by atoms with Crippen molar-refractivity contribution >= 4 is 23.3 Å². The van der Waals surface area contributed by atoms with Crippen LogP contribution in [0.3, 0.4) is 0 Å². The summed E-state index contributed by atoms with van der Waals surface area (Å²) >= 11 is 5.98. The number of amides is 2. The number of benzene rings is 1. The van der Waals surface area contributed by atoms with Gasteiger partial charge in [0.15, 0.2) is 5.60 Å². The van der Waals surface area contributed by atoms with Crippen LogP contribution in [0, 0.1) is 11.8 Å². The molecule has 1 aromatic rings. The molecule has 26 heavy (non-hydrogen) atoms. The normalized spacial score (nSPS) is 21.4. The molecule has 5 nitrogen and oxygen atoms in total. The first-order valence-electron chi connectivity index (χ1n) is 9.00. The van der Waals surface area contributed by atoms with Crippen molar-refractivity contribution in [3.05, 3.63) is 34.9 Å². The maximum Gasteiger partial charge on any atom is 0.320 e. The van der Waals surface area contributed by atoms with Gasteiger partial charge in [-0.25, -0.2) is 4.79 Å². The lowest BCUT2D eigenvalue weighted by Crippen LogP contribution is -2.46. The van der Waals surface area contributed by atoms with Crippen molar-refractivity contribution in [2.24, 2.45) is 5.16 Å². The summed E-state index contributed by atoms with van der Waals surface area (Å²) in [6.07, 6.45) is 1.42. The molecule has 0 N–H and O–H groups in total. The standard InChI is InChI=1S/C20H24ClN3O2/c1-4-24(15(2)3)19(25)23-11-10-20(14-23)13-18(22-26-20)9-8-16-6-5-7-17(21)12-16/h5-7,12,15H,4,10-11,13-14H2,1-3H3. The molecule has 1 unspecified atom stereocenters. The first-order valence-corrected chi connectivity index (χ1v) is 9.38. The Labute approximate surface area is 159 Å². The van der Waals surface area contributed by atoms with E-state index in [-0.39, 0.29) is 12.1 Å². The third-order valence-corrected chi connectivity index (χ3v) is 5.05. The molecule has 0 bridgehead atoms. The molecule has 1 atom stereocenters. The Balaban J connectivity index is 1.62. The van der Waals surface area contributed by atoms with Gasteiger partial charge in [-0.2, -0.15) is 0 Å². The Morgan fingerprint density at radius 3 is 2.96 bits per heavy atom. The van der Waals surface area contributed by atoms with E-state index in [1.54, 1.807) is 0 Å². The summed E-state index contributed by atoms with van der Waals surface area (Å²) in [6, 6.07) is 7.67. The lowest BCUT2D eigenvalue weighted by molar-refractivity contribution is -0.00872. The molecule has 1 fully saturated rings. The topological polar surface area (TPSA) is 45.1 Å². The number of oxime groups is 1. The van der Waals surface area contributed by atoms with Gasteiger partial charge in [0.2, 0.25) is 0 Å². The first-order chi connectivity index (χ1) is 12.4. The average Bonchev–Trinajstić information content (AvgIpc) is 3.20. The Morgan fingerprint density at radius 1 is 1.46 bits per heavy atom. The number of likely N-dealkylation sites (tertiary alicyclic amines) is 1. The summed E-state index contributed by atoms with van der Waals surface area (Å²) in [6.45, 7) is 8.02. The van der Waals surface area contributed by atoms with Gasteiger partial charge in [0, 0.05) is 42.6 Å². The Hall–Kier alpha value is -2.19. The smallest absolute Gasteiger partial charge is 0.320 e. The minimum Gasteiger partial charge on any atom is -0.386 e. The molecule has 138 valence electrons. The largest absolute Gasteiger partial charge is 0.386 e. The first kappa shape index (κ1) is 18.6. The van der Waals surface area contributed by atoms with Crippen molar-refractivity contribution in [2.45, 2.75) is 45.3 Å². The number of nitrogens with zero attached hydrogens (tertiary/aromatic N) is 3. The molecule has 1 saturated heterocycles. The SMILES string of the molecule is CCN(C(=O)N1CCC2(CC(C#Cc3cccc(Cl)c3)=NO2)C1)C(C)C. The second-order valence-electron chi connectivity index (χ2n) is 7.08. The second-order valence-corrected chi connectivity index (χ2v) is 7.52. The van der Waals surface area contributed by atoms with Crippen LogP contribution < -0.4 is 0 Å². The minimum atomic E-state index is -0.426. The van der Waals surface area contributed by atoms with Gasteiger partial charge in [0.05, 0.1) is 6.54 Å². The fraction of sp³-hybridized carbons (Fsp3) is 0.500. The van der Waals surface area contributed by atoms with Gasteiger partial charge in [0.25, 0.3) is 0 Å². The van der Waals surface area contributed by atoms with Crippen LogP contribution in [-0.2, 0) is 4.84 Å². The van der Waals surface area contributed by atoms with Crippen molar-refractivity contribution in [2.75, 3.05) is 19.6 Å². The summed E-state index contributed by atoms with van der Waals surface area (Å²) in [7, 11) is 0. The van der Waals surface area contributed by atoms with Gasteiger partial charge >= 0.3 is 6.03 Å². The predicted octanol–water partition coefficient (Wildman–Crippen LogP) is 3.76. The number of hydrogen-bond donors (Lipinski definition) is 0. The molecule has 2 aliphatic rings. The van der Waals surface area contributed by atoms with Crippen molar-refractivity contribution in [1.29, 1.82) is 0 Å². The van der Waals surface area contributed by atoms with Crippen molar-refractivity contribution < 1.29 is 9.63 Å². The third kappa shape index (κ3) is 3.96. The molecule has 6 heteroatoms. The van der Waals surface area contributed by atoms with Crippen LogP contribution in [0.25, 0.3) is 0 Å². The zero-order chi connectivity index (χ0) is 18.7. The van der Waals surface area contributed by atoms with E-state index in [0.717, 1.165) is 17.7 Å². The van der Waals surface area contributed by atoms with Crippen molar-refractivity contribution in [1.82, 2.24) is 9.80 Å². The zero-order valence-electron chi connectivity index (χ0n) is 15.5. The molecule has 2 heterocycles. The van der Waals surface area contributed by atoms with Crippen LogP contribution in [0.4, 0.5) is 4.79 Å². The van der Waals surface area contributed by atoms with Crippen LogP contribution >= 0.6 is 11.6 Å². The maximum atomic E-state index is 12.7. The molecule has 0 aliphatic carbocycles. The molecule has 2 aliphatic heterocycles. The summed E-state index contributed by atoms with van der Waals surface area (Å²) in [5, 5.41) is 4.82. The monoisotopic (exact) mass is 373 g/mol. The minimum absolute atomic E-state index is 0.0708. The van der Waals surface area contributed by atoms with E-state index >= 15 is 0 Å². The Morgan fingerprint density at radius 2 is 2.27 bits per heavy atom. The van der Waals surface area contributed by atoms with E-state index in [4.69, 9.17) is 16.4 Å². The summed E-state index contributed by atoms with van der Waals surface area (Å²) in [5.41, 5.74) is 1.14. The lowest BCUT2D eigenvalue weighted by Gasteiger charge is -2.30. The molecule has 0 aromatic heterocycles. The number of urea groups is 1. The molecule has 1 spiro atoms. The Bertz CT molecular complexity index is 781. The summed E-state index contributed by atoms with van der Waals surface area (Å²) in [5.74, 6) is 6.15. The van der Waals surface area contributed by atoms with Gasteiger partial charge in [-0.05, 0) is 44.9 Å². The molecule has 0 radical (unpaired) electrons. The highest BCUT2D eigenvalue weighted by Gasteiger charge is 2.47. The van der Waals surface area contributed by atoms with E-state index in [2.05, 4.69) is 17.0 Å². The summed E-state index contributed by atoms with van der Waals surface area (Å²) < 4.78 is 0. The van der Waals surface area contributed by atoms with Crippen LogP contribution in [0.1, 0.15) is 39.2 Å². The number of hydrogen-bond acceptors (Lipinski definition) is 3. The average molecular weight is 374 g/mol. The van der Waals surface area contributed by atoms with Crippen molar-refractivity contribution in [3.63, 3.8) is 0 Å². The van der Waals surface area contributed by atoms with Gasteiger partial charge < -0.3 is 14.6 Å². The highest BCUT2D eigenvalue weighted by atomic mass is 35.5. The third-order valence-electron chi connectivity index (χ3n) is 4.81. The number of carbonyl (C=O) groups is 1. The van der Waals surface area contributed by atoms with Crippen LogP contribution in [0.15, 0.2) is 29.4 Å². The van der Waals surface area contributed by atoms with Gasteiger partial charge in [-0.3, -0.25) is 0 Å². The molecular formula is C20H24ClN3O2. The maximum absolute atomic E-state index is 12.7. The van der Waals surface area contributed by atoms with E-state index in [1.807, 2.05) is 54.8 Å². The van der Waals surface area contributed by atoms with E-state index < -0.39 is 5.60 Å². The fourth-order valence-corrected chi connectivity index (χ4v) is 3.62. The molecule has 1 aromatic carbocycles. The lowest BCUT2D eigenvalue weighted by atomic mass is 9.96. The number of halogens is 1. The van der Waals surface area contributed by atoms with Gasteiger partial charge in [-0.15, -0.1) is 0 Å². The number of carbonyl (C=O) groups excluding carboxylic acids is 1. The highest BCUT2D eigenvalue weighted by molar-refractivity contribution is 6.30. The number of rotatable bonds is 2.